The van der Waals surface area contributed by atoms with Crippen molar-refractivity contribution in [1.29, 1.82) is 0 Å². The molecule has 2 N–H and O–H groups in total. The molecule has 0 spiro atoms. The topological polar surface area (TPSA) is 55.6 Å². The summed E-state index contributed by atoms with van der Waals surface area (Å²) in [5, 5.41) is 0. The Kier molecular flexibility index (Phi) is 6.01. The van der Waals surface area contributed by atoms with Crippen molar-refractivity contribution >= 4 is 23.4 Å². The molecule has 0 amide bonds. The summed E-state index contributed by atoms with van der Waals surface area (Å²) >= 11 is 1.78. The molecule has 1 aromatic rings. The van der Waals surface area contributed by atoms with E-state index < -0.39 is 0 Å². The average molecular weight is 268 g/mol. The minimum absolute atomic E-state index is 0.365. The fourth-order valence-electron chi connectivity index (χ4n) is 1.52. The molecule has 0 saturated carbocycles. The number of anilines is 1. The van der Waals surface area contributed by atoms with Crippen molar-refractivity contribution in [3.05, 3.63) is 29.3 Å². The van der Waals surface area contributed by atoms with Crippen LogP contribution in [0.5, 0.6) is 0 Å². The Balaban J connectivity index is 2.70. The first kappa shape index (κ1) is 14.9. The summed E-state index contributed by atoms with van der Waals surface area (Å²) in [7, 11) is 5.46. The molecule has 18 heavy (non-hydrogen) atoms. The first-order chi connectivity index (χ1) is 8.56. The van der Waals surface area contributed by atoms with Crippen molar-refractivity contribution in [2.45, 2.75) is 5.75 Å². The Morgan fingerprint density at radius 3 is 2.78 bits per heavy atom. The van der Waals surface area contributed by atoms with Crippen LogP contribution in [0.1, 0.15) is 15.9 Å². The fourth-order valence-corrected chi connectivity index (χ4v) is 2.62. The minimum atomic E-state index is -0.365. The summed E-state index contributed by atoms with van der Waals surface area (Å²) in [4.78, 5) is 13.8. The number of rotatable bonds is 6. The maximum absolute atomic E-state index is 11.7. The van der Waals surface area contributed by atoms with E-state index in [1.165, 1.54) is 7.11 Å². The Morgan fingerprint density at radius 2 is 2.17 bits per heavy atom. The number of hydrogen-bond donors (Lipinski definition) is 1. The number of thioether (sulfide) groups is 1. The average Bonchev–Trinajstić information content (AvgIpc) is 2.33. The Labute approximate surface area is 112 Å². The summed E-state index contributed by atoms with van der Waals surface area (Å²) in [5.74, 6) is 1.42. The van der Waals surface area contributed by atoms with Crippen LogP contribution in [0.2, 0.25) is 0 Å². The maximum Gasteiger partial charge on any atom is 0.340 e. The van der Waals surface area contributed by atoms with Crippen molar-refractivity contribution in [2.75, 3.05) is 39.2 Å². The molecule has 0 heterocycles. The van der Waals surface area contributed by atoms with Gasteiger partial charge in [-0.15, -0.1) is 0 Å². The zero-order valence-electron chi connectivity index (χ0n) is 11.1. The van der Waals surface area contributed by atoms with Crippen LogP contribution in [-0.2, 0) is 10.5 Å². The smallest absolute Gasteiger partial charge is 0.340 e. The highest BCUT2D eigenvalue weighted by Crippen LogP contribution is 2.22. The van der Waals surface area contributed by atoms with Crippen LogP contribution >= 0.6 is 11.8 Å². The number of ether oxygens (including phenoxy) is 1. The summed E-state index contributed by atoms with van der Waals surface area (Å²) in [5.41, 5.74) is 7.74. The highest BCUT2D eigenvalue weighted by Gasteiger charge is 2.14. The second-order valence-electron chi connectivity index (χ2n) is 4.23. The molecule has 1 aromatic carbocycles. The number of benzene rings is 1. The number of carbonyl (C=O) groups is 1. The lowest BCUT2D eigenvalue weighted by atomic mass is 10.1. The van der Waals surface area contributed by atoms with E-state index in [0.717, 1.165) is 23.6 Å². The SMILES string of the molecule is COC(=O)c1c(N)cccc1CSCCN(C)C. The van der Waals surface area contributed by atoms with Gasteiger partial charge in [-0.05, 0) is 25.7 Å². The maximum atomic E-state index is 11.7. The van der Waals surface area contributed by atoms with E-state index >= 15 is 0 Å². The van der Waals surface area contributed by atoms with Gasteiger partial charge in [0.1, 0.15) is 0 Å². The minimum Gasteiger partial charge on any atom is -0.465 e. The molecule has 0 saturated heterocycles. The van der Waals surface area contributed by atoms with Gasteiger partial charge in [0.25, 0.3) is 0 Å². The standard InChI is InChI=1S/C13H20N2O2S/c1-15(2)7-8-18-9-10-5-4-6-11(14)12(10)13(16)17-3/h4-6H,7-9,14H2,1-3H3. The number of esters is 1. The second kappa shape index (κ2) is 7.28. The first-order valence-corrected chi connectivity index (χ1v) is 6.90. The van der Waals surface area contributed by atoms with Crippen LogP contribution in [0, 0.1) is 0 Å². The number of hydrogen-bond acceptors (Lipinski definition) is 5. The van der Waals surface area contributed by atoms with Crippen LogP contribution in [0.3, 0.4) is 0 Å². The fraction of sp³-hybridized carbons (Fsp3) is 0.462. The first-order valence-electron chi connectivity index (χ1n) is 5.74. The third-order valence-corrected chi connectivity index (χ3v) is 3.50. The molecule has 5 heteroatoms. The van der Waals surface area contributed by atoms with Crippen LogP contribution in [0.25, 0.3) is 0 Å². The Hall–Kier alpha value is -1.20. The molecule has 100 valence electrons. The van der Waals surface area contributed by atoms with Gasteiger partial charge in [0.15, 0.2) is 0 Å². The molecule has 0 aliphatic rings. The van der Waals surface area contributed by atoms with Crippen LogP contribution in [0.15, 0.2) is 18.2 Å². The van der Waals surface area contributed by atoms with Gasteiger partial charge in [0, 0.05) is 23.7 Å². The number of carbonyl (C=O) groups excluding carboxylic acids is 1. The number of nitrogen functional groups attached to an aromatic ring is 1. The molecule has 0 aliphatic heterocycles. The lowest BCUT2D eigenvalue weighted by molar-refractivity contribution is 0.0601. The van der Waals surface area contributed by atoms with Crippen LogP contribution in [-0.4, -0.2) is 44.4 Å². The highest BCUT2D eigenvalue weighted by molar-refractivity contribution is 7.98. The van der Waals surface area contributed by atoms with Crippen LogP contribution in [0.4, 0.5) is 5.69 Å². The van der Waals surface area contributed by atoms with Gasteiger partial charge in [0.2, 0.25) is 0 Å². The second-order valence-corrected chi connectivity index (χ2v) is 5.33. The predicted octanol–water partition coefficient (Wildman–Crippen LogP) is 1.85. The molecule has 0 bridgehead atoms. The molecule has 0 fully saturated rings. The molecule has 0 atom stereocenters. The molecule has 0 aliphatic carbocycles. The molecule has 1 rings (SSSR count). The van der Waals surface area contributed by atoms with Crippen LogP contribution < -0.4 is 5.73 Å². The molecule has 4 nitrogen and oxygen atoms in total. The molecular formula is C13H20N2O2S. The quantitative estimate of drug-likeness (QED) is 0.485. The van der Waals surface area contributed by atoms with Gasteiger partial charge in [0.05, 0.1) is 12.7 Å². The molecular weight excluding hydrogens is 248 g/mol. The van der Waals surface area contributed by atoms with Gasteiger partial charge < -0.3 is 15.4 Å². The largest absolute Gasteiger partial charge is 0.465 e. The molecule has 0 aromatic heterocycles. The van der Waals surface area contributed by atoms with E-state index in [9.17, 15) is 4.79 Å². The normalized spacial score (nSPS) is 10.7. The summed E-state index contributed by atoms with van der Waals surface area (Å²) in [6, 6.07) is 5.51. The van der Waals surface area contributed by atoms with Crippen molar-refractivity contribution in [2.24, 2.45) is 0 Å². The predicted molar refractivity (Wildman–Crippen MR) is 76.9 cm³/mol. The van der Waals surface area contributed by atoms with E-state index in [1.54, 1.807) is 17.8 Å². The highest BCUT2D eigenvalue weighted by atomic mass is 32.2. The lowest BCUT2D eigenvalue weighted by Crippen LogP contribution is -2.15. The summed E-state index contributed by atoms with van der Waals surface area (Å²) < 4.78 is 4.77. The van der Waals surface area contributed by atoms with Crippen molar-refractivity contribution in [1.82, 2.24) is 4.90 Å². The summed E-state index contributed by atoms with van der Waals surface area (Å²) in [6.07, 6.45) is 0. The third kappa shape index (κ3) is 4.23. The zero-order chi connectivity index (χ0) is 13.5. The van der Waals surface area contributed by atoms with E-state index in [-0.39, 0.29) is 5.97 Å². The lowest BCUT2D eigenvalue weighted by Gasteiger charge is -2.11. The van der Waals surface area contributed by atoms with Crippen molar-refractivity contribution in [3.63, 3.8) is 0 Å². The third-order valence-electron chi connectivity index (χ3n) is 2.51. The number of methoxy groups -OCH3 is 1. The zero-order valence-corrected chi connectivity index (χ0v) is 11.9. The summed E-state index contributed by atoms with van der Waals surface area (Å²) in [6.45, 7) is 1.01. The Bertz CT molecular complexity index is 408. The van der Waals surface area contributed by atoms with Crippen molar-refractivity contribution in [3.8, 4) is 0 Å². The van der Waals surface area contributed by atoms with Gasteiger partial charge in [-0.25, -0.2) is 4.79 Å². The number of nitrogens with zero attached hydrogens (tertiary/aromatic N) is 1. The molecule has 0 radical (unpaired) electrons. The number of nitrogens with two attached hydrogens (primary N) is 1. The van der Waals surface area contributed by atoms with E-state index in [4.69, 9.17) is 10.5 Å². The van der Waals surface area contributed by atoms with Gasteiger partial charge in [-0.3, -0.25) is 0 Å². The Morgan fingerprint density at radius 1 is 1.44 bits per heavy atom. The molecule has 0 unspecified atom stereocenters. The van der Waals surface area contributed by atoms with Gasteiger partial charge in [-0.2, -0.15) is 11.8 Å². The van der Waals surface area contributed by atoms with Crippen molar-refractivity contribution < 1.29 is 9.53 Å². The van der Waals surface area contributed by atoms with Gasteiger partial charge >= 0.3 is 5.97 Å². The van der Waals surface area contributed by atoms with E-state index in [2.05, 4.69) is 4.90 Å². The van der Waals surface area contributed by atoms with Gasteiger partial charge in [-0.1, -0.05) is 12.1 Å². The monoisotopic (exact) mass is 268 g/mol. The van der Waals surface area contributed by atoms with E-state index in [1.807, 2.05) is 26.2 Å². The van der Waals surface area contributed by atoms with E-state index in [0.29, 0.717) is 11.3 Å².